The Hall–Kier alpha value is -2.97. The normalized spacial score (nSPS) is 16.2. The van der Waals surface area contributed by atoms with E-state index in [1.165, 1.54) is 16.3 Å². The number of amides is 2. The summed E-state index contributed by atoms with van der Waals surface area (Å²) in [7, 11) is -4.10. The summed E-state index contributed by atoms with van der Waals surface area (Å²) in [4.78, 5) is 26.2. The lowest BCUT2D eigenvalue weighted by Gasteiger charge is -2.39. The molecule has 0 aliphatic carbocycles. The first-order valence-electron chi connectivity index (χ1n) is 11.2. The molecule has 1 aliphatic rings. The zero-order chi connectivity index (χ0) is 24.7. The van der Waals surface area contributed by atoms with Crippen LogP contribution in [0.5, 0.6) is 0 Å². The summed E-state index contributed by atoms with van der Waals surface area (Å²) >= 11 is 0. The minimum Gasteiger partial charge on any atom is -0.346 e. The van der Waals surface area contributed by atoms with Gasteiger partial charge in [-0.3, -0.25) is 14.5 Å². The van der Waals surface area contributed by atoms with Crippen molar-refractivity contribution in [2.24, 2.45) is 5.14 Å². The number of nitrogens with one attached hydrogen (secondary N) is 2. The molecule has 1 fully saturated rings. The third-order valence-corrected chi connectivity index (χ3v) is 7.27. The Bertz CT molecular complexity index is 1160. The monoisotopic (exact) mass is 485 g/mol. The minimum atomic E-state index is -4.10. The summed E-state index contributed by atoms with van der Waals surface area (Å²) in [5.74, 6) is 1.20. The number of benzene rings is 2. The van der Waals surface area contributed by atoms with Crippen LogP contribution in [0.1, 0.15) is 31.4 Å². The molecular weight excluding hydrogens is 454 g/mol. The van der Waals surface area contributed by atoms with Gasteiger partial charge in [-0.1, -0.05) is 48.4 Å². The van der Waals surface area contributed by atoms with Crippen molar-refractivity contribution in [1.29, 1.82) is 0 Å². The van der Waals surface area contributed by atoms with Gasteiger partial charge < -0.3 is 10.6 Å². The second kappa shape index (κ2) is 11.4. The van der Waals surface area contributed by atoms with E-state index >= 15 is 0 Å². The topological polar surface area (TPSA) is 125 Å². The van der Waals surface area contributed by atoms with E-state index in [4.69, 9.17) is 11.6 Å². The molecular formula is C24H31N5O4S. The highest BCUT2D eigenvalue weighted by molar-refractivity contribution is 7.86. The van der Waals surface area contributed by atoms with Crippen molar-refractivity contribution in [3.8, 4) is 12.3 Å². The number of rotatable bonds is 9. The first-order chi connectivity index (χ1) is 16.2. The maximum atomic E-state index is 12.3. The Kier molecular flexibility index (Phi) is 8.63. The van der Waals surface area contributed by atoms with E-state index in [0.717, 1.165) is 4.31 Å². The Balaban J connectivity index is 1.61. The van der Waals surface area contributed by atoms with Gasteiger partial charge in [0.15, 0.2) is 0 Å². The van der Waals surface area contributed by atoms with Crippen LogP contribution in [0.25, 0.3) is 10.8 Å². The van der Waals surface area contributed by atoms with Crippen LogP contribution in [-0.4, -0.2) is 68.2 Å². The highest BCUT2D eigenvalue weighted by Gasteiger charge is 2.33. The average molecular weight is 486 g/mol. The smallest absolute Gasteiger partial charge is 0.277 e. The van der Waals surface area contributed by atoms with Gasteiger partial charge >= 0.3 is 0 Å². The molecule has 1 heterocycles. The molecule has 0 saturated carbocycles. The number of nitrogens with two attached hydrogens (primary N) is 1. The van der Waals surface area contributed by atoms with E-state index in [-0.39, 0.29) is 19.1 Å². The van der Waals surface area contributed by atoms with Crippen molar-refractivity contribution in [1.82, 2.24) is 19.8 Å². The second-order valence-corrected chi connectivity index (χ2v) is 9.86. The van der Waals surface area contributed by atoms with Crippen molar-refractivity contribution >= 4 is 32.8 Å². The van der Waals surface area contributed by atoms with Crippen molar-refractivity contribution in [3.05, 3.63) is 48.0 Å². The maximum absolute atomic E-state index is 12.3. The van der Waals surface area contributed by atoms with Gasteiger partial charge in [0.2, 0.25) is 11.8 Å². The number of carbonyl (C=O) groups excluding carboxylic acids is 2. The average Bonchev–Trinajstić information content (AvgIpc) is 2.83. The molecule has 1 aliphatic heterocycles. The van der Waals surface area contributed by atoms with Crippen LogP contribution in [0.15, 0.2) is 42.5 Å². The largest absolute Gasteiger partial charge is 0.346 e. The number of fused-ring (bicyclic) bond motifs is 1. The number of terminal acetylenes is 1. The van der Waals surface area contributed by atoms with Gasteiger partial charge in [-0.2, -0.15) is 12.7 Å². The summed E-state index contributed by atoms with van der Waals surface area (Å²) in [5.41, 5.74) is 1.22. The van der Waals surface area contributed by atoms with E-state index in [1.54, 1.807) is 0 Å². The molecule has 0 aromatic heterocycles. The Labute approximate surface area is 200 Å². The van der Waals surface area contributed by atoms with Gasteiger partial charge in [0.1, 0.15) is 0 Å². The van der Waals surface area contributed by atoms with E-state index in [0.29, 0.717) is 25.9 Å². The fourth-order valence-electron chi connectivity index (χ4n) is 4.39. The van der Waals surface area contributed by atoms with E-state index in [9.17, 15) is 18.0 Å². The lowest BCUT2D eigenvalue weighted by atomic mass is 9.96. The SMILES string of the molecule is C#CCNC(=O)CNC(=O)CN(C1CCN(C(C)c2cccc3ccccc23)CC1)S(N)(=O)=O. The molecule has 2 aromatic rings. The van der Waals surface area contributed by atoms with Crippen LogP contribution < -0.4 is 15.8 Å². The van der Waals surface area contributed by atoms with Crippen LogP contribution in [-0.2, 0) is 19.8 Å². The van der Waals surface area contributed by atoms with Gasteiger partial charge in [0.05, 0.1) is 19.6 Å². The highest BCUT2D eigenvalue weighted by atomic mass is 32.2. The second-order valence-electron chi connectivity index (χ2n) is 8.36. The first-order valence-corrected chi connectivity index (χ1v) is 12.7. The van der Waals surface area contributed by atoms with Crippen LogP contribution >= 0.6 is 0 Å². The molecule has 1 unspecified atom stereocenters. The highest BCUT2D eigenvalue weighted by Crippen LogP contribution is 2.31. The van der Waals surface area contributed by atoms with E-state index in [1.807, 2.05) is 12.1 Å². The summed E-state index contributed by atoms with van der Waals surface area (Å²) in [5, 5.41) is 12.6. The van der Waals surface area contributed by atoms with Crippen LogP contribution in [0.3, 0.4) is 0 Å². The number of hydrogen-bond donors (Lipinski definition) is 3. The van der Waals surface area contributed by atoms with Crippen LogP contribution in [0.2, 0.25) is 0 Å². The molecule has 182 valence electrons. The third-order valence-electron chi connectivity index (χ3n) is 6.19. The number of nitrogens with zero attached hydrogens (tertiary/aromatic N) is 2. The van der Waals surface area contributed by atoms with Gasteiger partial charge in [-0.25, -0.2) is 5.14 Å². The molecule has 34 heavy (non-hydrogen) atoms. The summed E-state index contributed by atoms with van der Waals surface area (Å²) < 4.78 is 25.5. The minimum absolute atomic E-state index is 0.0494. The molecule has 2 amide bonds. The Morgan fingerprint density at radius 3 is 2.50 bits per heavy atom. The van der Waals surface area contributed by atoms with E-state index in [2.05, 4.69) is 58.7 Å². The number of piperidine rings is 1. The van der Waals surface area contributed by atoms with Crippen molar-refractivity contribution in [3.63, 3.8) is 0 Å². The first kappa shape index (κ1) is 25.6. The summed E-state index contributed by atoms with van der Waals surface area (Å²) in [6.07, 6.45) is 6.16. The summed E-state index contributed by atoms with van der Waals surface area (Å²) in [6.45, 7) is 2.80. The van der Waals surface area contributed by atoms with Crippen molar-refractivity contribution in [2.75, 3.05) is 32.7 Å². The van der Waals surface area contributed by atoms with Crippen LogP contribution in [0.4, 0.5) is 0 Å². The fraction of sp³-hybridized carbons (Fsp3) is 0.417. The molecule has 4 N–H and O–H groups in total. The zero-order valence-electron chi connectivity index (χ0n) is 19.2. The standard InChI is InChI=1S/C24H31N5O4S/c1-3-13-26-23(30)16-27-24(31)17-29(34(25,32)33)20-11-14-28(15-12-20)18(2)21-10-6-8-19-7-4-5-9-22(19)21/h1,4-10,18,20H,11-17H2,2H3,(H,26,30)(H,27,31)(H2,25,32,33). The van der Waals surface area contributed by atoms with E-state index < -0.39 is 34.6 Å². The van der Waals surface area contributed by atoms with Gasteiger partial charge in [-0.05, 0) is 36.1 Å². The molecule has 0 spiro atoms. The molecule has 0 bridgehead atoms. The number of carbonyl (C=O) groups is 2. The Morgan fingerprint density at radius 2 is 1.82 bits per heavy atom. The predicted octanol–water partition coefficient (Wildman–Crippen LogP) is 0.736. The quantitative estimate of drug-likeness (QED) is 0.452. The molecule has 0 radical (unpaired) electrons. The van der Waals surface area contributed by atoms with Crippen molar-refractivity contribution in [2.45, 2.75) is 31.8 Å². The van der Waals surface area contributed by atoms with Crippen molar-refractivity contribution < 1.29 is 18.0 Å². The molecule has 1 saturated heterocycles. The zero-order valence-corrected chi connectivity index (χ0v) is 20.1. The molecule has 9 nitrogen and oxygen atoms in total. The molecule has 2 aromatic carbocycles. The van der Waals surface area contributed by atoms with Gasteiger partial charge in [0.25, 0.3) is 10.2 Å². The van der Waals surface area contributed by atoms with Crippen LogP contribution in [0, 0.1) is 12.3 Å². The Morgan fingerprint density at radius 1 is 1.15 bits per heavy atom. The number of likely N-dealkylation sites (tertiary alicyclic amines) is 1. The molecule has 3 rings (SSSR count). The lowest BCUT2D eigenvalue weighted by molar-refractivity contribution is -0.126. The summed E-state index contributed by atoms with van der Waals surface area (Å²) in [6, 6.07) is 14.3. The number of hydrogen-bond acceptors (Lipinski definition) is 5. The fourth-order valence-corrected chi connectivity index (χ4v) is 5.31. The van der Waals surface area contributed by atoms with Gasteiger partial charge in [-0.15, -0.1) is 6.42 Å². The van der Waals surface area contributed by atoms with Gasteiger partial charge in [0, 0.05) is 25.2 Å². The molecule has 10 heteroatoms. The predicted molar refractivity (Wildman–Crippen MR) is 132 cm³/mol. The maximum Gasteiger partial charge on any atom is 0.277 e. The lowest BCUT2D eigenvalue weighted by Crippen LogP contribution is -2.53. The third kappa shape index (κ3) is 6.55. The molecule has 1 atom stereocenters.